The van der Waals surface area contributed by atoms with Crippen LogP contribution in [0.1, 0.15) is 84.9 Å². The van der Waals surface area contributed by atoms with Crippen molar-refractivity contribution in [3.63, 3.8) is 0 Å². The van der Waals surface area contributed by atoms with Gasteiger partial charge < -0.3 is 19.8 Å². The molecule has 4 aliphatic rings. The monoisotopic (exact) mass is 439 g/mol. The minimum Gasteiger partial charge on any atom is -0.483 e. The number of anilines is 1. The molecule has 1 amide bonds. The number of carbonyl (C=O) groups excluding carboxylic acids is 1. The Morgan fingerprint density at radius 1 is 1.22 bits per heavy atom. The summed E-state index contributed by atoms with van der Waals surface area (Å²) >= 11 is 0. The Labute approximate surface area is 186 Å². The fraction of sp³-hybridized carbons (Fsp3) is 0.609. The van der Waals surface area contributed by atoms with Crippen LogP contribution in [0.25, 0.3) is 0 Å². The van der Waals surface area contributed by atoms with Gasteiger partial charge in [-0.3, -0.25) is 9.59 Å². The van der Waals surface area contributed by atoms with Crippen molar-refractivity contribution in [3.8, 4) is 0 Å². The Morgan fingerprint density at radius 3 is 2.69 bits per heavy atom. The lowest BCUT2D eigenvalue weighted by molar-refractivity contribution is -0.122. The minimum absolute atomic E-state index is 0.0319. The molecule has 2 aromatic heterocycles. The van der Waals surface area contributed by atoms with Gasteiger partial charge in [0.05, 0.1) is 5.69 Å². The van der Waals surface area contributed by atoms with E-state index >= 15 is 0 Å². The van der Waals surface area contributed by atoms with Gasteiger partial charge in [0, 0.05) is 42.1 Å². The van der Waals surface area contributed by atoms with E-state index in [0.717, 1.165) is 50.4 Å². The van der Waals surface area contributed by atoms with E-state index in [2.05, 4.69) is 10.5 Å². The van der Waals surface area contributed by atoms with Crippen molar-refractivity contribution < 1.29 is 19.2 Å². The quantitative estimate of drug-likeness (QED) is 0.697. The molecule has 2 saturated carbocycles. The molecule has 3 heterocycles. The molecule has 0 aromatic carbocycles. The van der Waals surface area contributed by atoms with Crippen LogP contribution < -0.4 is 5.32 Å². The van der Waals surface area contributed by atoms with Crippen LogP contribution in [0, 0.1) is 0 Å². The molecule has 3 aliphatic carbocycles. The molecule has 2 aromatic rings. The Bertz CT molecular complexity index is 987. The molecule has 1 unspecified atom stereocenters. The Kier molecular flexibility index (Phi) is 5.57. The molecule has 2 N–H and O–H groups in total. The molecule has 9 nitrogen and oxygen atoms in total. The summed E-state index contributed by atoms with van der Waals surface area (Å²) in [6.07, 6.45) is 11.8. The first-order valence-corrected chi connectivity index (χ1v) is 11.6. The summed E-state index contributed by atoms with van der Waals surface area (Å²) in [7, 11) is 0. The fourth-order valence-electron chi connectivity index (χ4n) is 5.24. The van der Waals surface area contributed by atoms with Crippen LogP contribution in [-0.4, -0.2) is 56.6 Å². The van der Waals surface area contributed by atoms with Gasteiger partial charge in [0.25, 0.3) is 12.4 Å². The Morgan fingerprint density at radius 2 is 2.03 bits per heavy atom. The van der Waals surface area contributed by atoms with Gasteiger partial charge in [-0.15, -0.1) is 0 Å². The van der Waals surface area contributed by atoms with Gasteiger partial charge in [0.15, 0.2) is 5.69 Å². The van der Waals surface area contributed by atoms with Gasteiger partial charge in [-0.1, -0.05) is 5.16 Å². The molecule has 6 rings (SSSR count). The molecule has 1 aliphatic heterocycles. The van der Waals surface area contributed by atoms with Gasteiger partial charge in [-0.25, -0.2) is 9.97 Å². The number of hydrogen-bond acceptors (Lipinski definition) is 7. The van der Waals surface area contributed by atoms with Crippen LogP contribution in [0.15, 0.2) is 16.9 Å². The van der Waals surface area contributed by atoms with E-state index in [9.17, 15) is 4.79 Å². The number of piperidine rings is 1. The van der Waals surface area contributed by atoms with Crippen molar-refractivity contribution in [2.75, 3.05) is 18.4 Å². The van der Waals surface area contributed by atoms with Crippen LogP contribution >= 0.6 is 0 Å². The number of fused-ring (bicyclic) bond motifs is 2. The maximum atomic E-state index is 12.9. The lowest BCUT2D eigenvalue weighted by atomic mass is 9.77. The fourth-order valence-corrected chi connectivity index (χ4v) is 5.24. The number of carbonyl (C=O) groups is 2. The van der Waals surface area contributed by atoms with E-state index in [1.165, 1.54) is 49.6 Å². The SMILES string of the molecule is O=C(c1ccon1)N1CCCC2(CCc3c(NC4CCC4)nc(C4CC4)nc32)C1.O=CO. The standard InChI is InChI=1S/C22H27N5O2.CH2O2/c28-21(17-8-12-29-26-17)27-11-2-9-22(13-27)10-7-16-18(22)24-19(14-5-6-14)25-20(16)23-15-3-1-4-15;2-1-3/h8,12,14-15H,1-7,9-11,13H2,(H,23,24,25);1H,(H,2,3). The second-order valence-corrected chi connectivity index (χ2v) is 9.40. The van der Waals surface area contributed by atoms with Crippen molar-refractivity contribution >= 4 is 18.2 Å². The highest BCUT2D eigenvalue weighted by atomic mass is 16.5. The van der Waals surface area contributed by atoms with Gasteiger partial charge in [-0.2, -0.15) is 0 Å². The van der Waals surface area contributed by atoms with E-state index in [0.29, 0.717) is 17.7 Å². The van der Waals surface area contributed by atoms with Gasteiger partial charge in [-0.05, 0) is 57.8 Å². The molecule has 1 saturated heterocycles. The van der Waals surface area contributed by atoms with E-state index in [4.69, 9.17) is 24.4 Å². The van der Waals surface area contributed by atoms with Crippen molar-refractivity contribution in [1.82, 2.24) is 20.0 Å². The van der Waals surface area contributed by atoms with Crippen LogP contribution in [-0.2, 0) is 16.6 Å². The summed E-state index contributed by atoms with van der Waals surface area (Å²) in [4.78, 5) is 33.3. The van der Waals surface area contributed by atoms with Crippen LogP contribution in [0.3, 0.4) is 0 Å². The van der Waals surface area contributed by atoms with E-state index in [-0.39, 0.29) is 17.8 Å². The highest BCUT2D eigenvalue weighted by molar-refractivity contribution is 5.92. The average molecular weight is 440 g/mol. The zero-order valence-corrected chi connectivity index (χ0v) is 18.1. The number of hydrogen-bond donors (Lipinski definition) is 2. The second-order valence-electron chi connectivity index (χ2n) is 9.40. The first-order valence-electron chi connectivity index (χ1n) is 11.6. The van der Waals surface area contributed by atoms with Gasteiger partial charge >= 0.3 is 0 Å². The summed E-state index contributed by atoms with van der Waals surface area (Å²) in [5, 5.41) is 14.5. The van der Waals surface area contributed by atoms with Gasteiger partial charge in [0.1, 0.15) is 17.9 Å². The zero-order chi connectivity index (χ0) is 22.1. The number of nitrogens with zero attached hydrogens (tertiary/aromatic N) is 4. The highest BCUT2D eigenvalue weighted by Gasteiger charge is 2.47. The minimum atomic E-state index is -0.250. The number of likely N-dealkylation sites (tertiary alicyclic amines) is 1. The number of amides is 1. The predicted octanol–water partition coefficient (Wildman–Crippen LogP) is 3.13. The number of rotatable bonds is 4. The topological polar surface area (TPSA) is 121 Å². The second kappa shape index (κ2) is 8.52. The number of carboxylic acid groups (broad SMARTS) is 1. The highest BCUT2D eigenvalue weighted by Crippen LogP contribution is 2.48. The maximum Gasteiger partial charge on any atom is 0.290 e. The molecular weight excluding hydrogens is 410 g/mol. The third-order valence-corrected chi connectivity index (χ3v) is 7.29. The molecule has 32 heavy (non-hydrogen) atoms. The third-order valence-electron chi connectivity index (χ3n) is 7.29. The van der Waals surface area contributed by atoms with Crippen molar-refractivity contribution in [2.45, 2.75) is 75.2 Å². The van der Waals surface area contributed by atoms with Crippen LogP contribution in [0.2, 0.25) is 0 Å². The average Bonchev–Trinajstić information content (AvgIpc) is 3.37. The van der Waals surface area contributed by atoms with E-state index in [1.54, 1.807) is 6.07 Å². The van der Waals surface area contributed by atoms with Crippen LogP contribution in [0.4, 0.5) is 5.82 Å². The first-order chi connectivity index (χ1) is 15.6. The summed E-state index contributed by atoms with van der Waals surface area (Å²) in [5.74, 6) is 2.59. The normalized spacial score (nSPS) is 24.3. The summed E-state index contributed by atoms with van der Waals surface area (Å²) in [6.45, 7) is 1.24. The first kappa shape index (κ1) is 20.9. The summed E-state index contributed by atoms with van der Waals surface area (Å²) in [6, 6.07) is 2.22. The van der Waals surface area contributed by atoms with E-state index < -0.39 is 0 Å². The Balaban J connectivity index is 0.000000684. The number of aromatic nitrogens is 3. The van der Waals surface area contributed by atoms with Crippen molar-refractivity contribution in [3.05, 3.63) is 35.1 Å². The lowest BCUT2D eigenvalue weighted by Gasteiger charge is -2.40. The van der Waals surface area contributed by atoms with Crippen molar-refractivity contribution in [2.24, 2.45) is 0 Å². The smallest absolute Gasteiger partial charge is 0.290 e. The van der Waals surface area contributed by atoms with Crippen molar-refractivity contribution in [1.29, 1.82) is 0 Å². The molecule has 1 spiro atoms. The molecule has 3 fully saturated rings. The number of nitrogens with one attached hydrogen (secondary N) is 1. The van der Waals surface area contributed by atoms with E-state index in [1.807, 2.05) is 4.90 Å². The third kappa shape index (κ3) is 3.84. The molecular formula is C23H29N5O4. The predicted molar refractivity (Wildman–Crippen MR) is 116 cm³/mol. The molecule has 170 valence electrons. The van der Waals surface area contributed by atoms with Crippen LogP contribution in [0.5, 0.6) is 0 Å². The molecule has 9 heteroatoms. The molecule has 1 atom stereocenters. The van der Waals surface area contributed by atoms with Gasteiger partial charge in [0.2, 0.25) is 0 Å². The zero-order valence-electron chi connectivity index (χ0n) is 18.1. The maximum absolute atomic E-state index is 12.9. The molecule has 0 radical (unpaired) electrons. The largest absolute Gasteiger partial charge is 0.483 e. The Hall–Kier alpha value is -2.97. The summed E-state index contributed by atoms with van der Waals surface area (Å²) in [5.41, 5.74) is 2.87. The molecule has 0 bridgehead atoms. The lowest BCUT2D eigenvalue weighted by Crippen LogP contribution is -2.48. The summed E-state index contributed by atoms with van der Waals surface area (Å²) < 4.78 is 4.89.